The molecule has 0 saturated carbocycles. The number of aromatic amines is 1. The Morgan fingerprint density at radius 3 is 2.54 bits per heavy atom. The average Bonchev–Trinajstić information content (AvgIpc) is 3.09. The molecule has 1 aromatic carbocycles. The van der Waals surface area contributed by atoms with Gasteiger partial charge in [0.15, 0.2) is 6.29 Å². The van der Waals surface area contributed by atoms with Gasteiger partial charge in [-0.2, -0.15) is 0 Å². The fraction of sp³-hybridized carbons (Fsp3) is 0.421. The predicted molar refractivity (Wildman–Crippen MR) is 102 cm³/mol. The van der Waals surface area contributed by atoms with Crippen molar-refractivity contribution < 1.29 is 19.0 Å². The molecule has 1 heterocycles. The number of halogens is 1. The van der Waals surface area contributed by atoms with E-state index in [-0.39, 0.29) is 0 Å². The van der Waals surface area contributed by atoms with Crippen LogP contribution in [-0.4, -0.2) is 30.8 Å². The number of H-pyrrole nitrogens is 1. The molecule has 26 heavy (non-hydrogen) atoms. The lowest BCUT2D eigenvalue weighted by Crippen LogP contribution is -2.14. The summed E-state index contributed by atoms with van der Waals surface area (Å²) in [6, 6.07) is 7.38. The summed E-state index contributed by atoms with van der Waals surface area (Å²) in [4.78, 5) is 14.9. The van der Waals surface area contributed by atoms with E-state index in [1.54, 1.807) is 19.2 Å². The maximum Gasteiger partial charge on any atom is 0.356 e. The van der Waals surface area contributed by atoms with Crippen LogP contribution in [0, 0.1) is 0 Å². The number of rotatable bonds is 10. The van der Waals surface area contributed by atoms with Crippen molar-refractivity contribution in [3.8, 4) is 0 Å². The lowest BCUT2D eigenvalue weighted by Gasteiger charge is -2.21. The van der Waals surface area contributed by atoms with Crippen LogP contribution >= 0.6 is 11.6 Å². The number of hydrogen-bond acceptors (Lipinski definition) is 5. The topological polar surface area (TPSA) is 72.6 Å². The highest BCUT2D eigenvalue weighted by atomic mass is 35.5. The first-order valence-corrected chi connectivity index (χ1v) is 9.08. The highest BCUT2D eigenvalue weighted by Gasteiger charge is 2.18. The van der Waals surface area contributed by atoms with Crippen LogP contribution in [0.15, 0.2) is 30.5 Å². The van der Waals surface area contributed by atoms with E-state index in [9.17, 15) is 4.79 Å². The summed E-state index contributed by atoms with van der Waals surface area (Å²) >= 11 is 6.16. The summed E-state index contributed by atoms with van der Waals surface area (Å²) in [5, 5.41) is 3.87. The Morgan fingerprint density at radius 2 is 1.88 bits per heavy atom. The van der Waals surface area contributed by atoms with Crippen molar-refractivity contribution >= 4 is 23.3 Å². The van der Waals surface area contributed by atoms with Gasteiger partial charge in [0.05, 0.1) is 12.3 Å². The fourth-order valence-electron chi connectivity index (χ4n) is 2.56. The lowest BCUT2D eigenvalue weighted by molar-refractivity contribution is -0.140. The van der Waals surface area contributed by atoms with Gasteiger partial charge in [-0.15, -0.1) is 0 Å². The molecule has 2 N–H and O–H groups in total. The van der Waals surface area contributed by atoms with Gasteiger partial charge in [0.1, 0.15) is 5.69 Å². The summed E-state index contributed by atoms with van der Waals surface area (Å²) in [5.74, 6) is -0.391. The maximum atomic E-state index is 12.0. The van der Waals surface area contributed by atoms with Gasteiger partial charge in [-0.1, -0.05) is 17.7 Å². The van der Waals surface area contributed by atoms with Gasteiger partial charge in [0.25, 0.3) is 0 Å². The monoisotopic (exact) mass is 380 g/mol. The zero-order valence-corrected chi connectivity index (χ0v) is 16.1. The summed E-state index contributed by atoms with van der Waals surface area (Å²) < 4.78 is 16.5. The number of nitrogens with one attached hydrogen (secondary N) is 2. The lowest BCUT2D eigenvalue weighted by atomic mass is 10.1. The number of anilines is 1. The number of carbonyl (C=O) groups excluding carboxylic acids is 1. The van der Waals surface area contributed by atoms with Crippen LogP contribution in [0.2, 0.25) is 5.02 Å². The number of aromatic nitrogens is 1. The SMILES string of the molecule is CCOC(=O)c1[nH]ccc1NCc1ccc(Cl)cc1C(OCC)OCC. The Morgan fingerprint density at radius 1 is 1.15 bits per heavy atom. The molecule has 7 heteroatoms. The van der Waals surface area contributed by atoms with E-state index in [2.05, 4.69) is 10.3 Å². The molecule has 1 aromatic heterocycles. The largest absolute Gasteiger partial charge is 0.461 e. The number of ether oxygens (including phenoxy) is 3. The van der Waals surface area contributed by atoms with Crippen molar-refractivity contribution in [2.24, 2.45) is 0 Å². The summed E-state index contributed by atoms with van der Waals surface area (Å²) in [5.41, 5.74) is 2.90. The fourth-order valence-corrected chi connectivity index (χ4v) is 2.74. The molecular weight excluding hydrogens is 356 g/mol. The van der Waals surface area contributed by atoms with Gasteiger partial charge in [0.2, 0.25) is 0 Å². The molecule has 0 fully saturated rings. The molecule has 0 atom stereocenters. The molecule has 6 nitrogen and oxygen atoms in total. The van der Waals surface area contributed by atoms with Crippen molar-refractivity contribution in [2.45, 2.75) is 33.6 Å². The van der Waals surface area contributed by atoms with Crippen LogP contribution in [0.3, 0.4) is 0 Å². The summed E-state index contributed by atoms with van der Waals surface area (Å²) in [6.07, 6.45) is 1.21. The standard InChI is InChI=1S/C19H25ClN2O4/c1-4-24-18(23)17-16(9-10-21-17)22-12-13-7-8-14(20)11-15(13)19(25-5-2)26-6-3/h7-11,19,21-22H,4-6,12H2,1-3H3. The van der Waals surface area contributed by atoms with Crippen molar-refractivity contribution in [3.05, 3.63) is 52.3 Å². The third-order valence-corrected chi connectivity index (χ3v) is 3.93. The van der Waals surface area contributed by atoms with E-state index in [1.807, 2.05) is 32.0 Å². The highest BCUT2D eigenvalue weighted by molar-refractivity contribution is 6.30. The molecule has 0 aliphatic rings. The zero-order chi connectivity index (χ0) is 18.9. The quantitative estimate of drug-likeness (QED) is 0.468. The Balaban J connectivity index is 2.20. The summed E-state index contributed by atoms with van der Waals surface area (Å²) in [7, 11) is 0. The molecule has 2 aromatic rings. The van der Waals surface area contributed by atoms with E-state index in [0.29, 0.717) is 42.8 Å². The molecule has 0 spiro atoms. The molecular formula is C19H25ClN2O4. The number of esters is 1. The first-order valence-electron chi connectivity index (χ1n) is 8.70. The second kappa shape index (κ2) is 10.2. The molecule has 2 rings (SSSR count). The van der Waals surface area contributed by atoms with Crippen molar-refractivity contribution in [1.29, 1.82) is 0 Å². The van der Waals surface area contributed by atoms with E-state index in [4.69, 9.17) is 25.8 Å². The van der Waals surface area contributed by atoms with Crippen LogP contribution in [0.5, 0.6) is 0 Å². The molecule has 0 amide bonds. The third-order valence-electron chi connectivity index (χ3n) is 3.69. The first kappa shape index (κ1) is 20.3. The minimum Gasteiger partial charge on any atom is -0.461 e. The van der Waals surface area contributed by atoms with Crippen LogP contribution in [0.25, 0.3) is 0 Å². The van der Waals surface area contributed by atoms with Gasteiger partial charge >= 0.3 is 5.97 Å². The van der Waals surface area contributed by atoms with Crippen LogP contribution in [0.4, 0.5) is 5.69 Å². The van der Waals surface area contributed by atoms with Crippen molar-refractivity contribution in [2.75, 3.05) is 25.1 Å². The van der Waals surface area contributed by atoms with Gasteiger partial charge in [-0.3, -0.25) is 0 Å². The predicted octanol–water partition coefficient (Wildman–Crippen LogP) is 4.53. The molecule has 0 unspecified atom stereocenters. The zero-order valence-electron chi connectivity index (χ0n) is 15.3. The second-order valence-corrected chi connectivity index (χ2v) is 5.86. The van der Waals surface area contributed by atoms with Crippen LogP contribution in [-0.2, 0) is 20.8 Å². The number of hydrogen-bond donors (Lipinski definition) is 2. The van der Waals surface area contributed by atoms with Gasteiger partial charge in [0, 0.05) is 36.5 Å². The molecule has 0 radical (unpaired) electrons. The first-order chi connectivity index (χ1) is 12.6. The van der Waals surface area contributed by atoms with Crippen LogP contribution < -0.4 is 5.32 Å². The minimum atomic E-state index is -0.490. The third kappa shape index (κ3) is 5.24. The van der Waals surface area contributed by atoms with Crippen molar-refractivity contribution in [3.63, 3.8) is 0 Å². The normalized spacial score (nSPS) is 11.0. The van der Waals surface area contributed by atoms with E-state index in [1.165, 1.54) is 0 Å². The summed E-state index contributed by atoms with van der Waals surface area (Å²) in [6.45, 7) is 7.45. The smallest absolute Gasteiger partial charge is 0.356 e. The average molecular weight is 381 g/mol. The number of benzene rings is 1. The van der Waals surface area contributed by atoms with Gasteiger partial charge in [-0.25, -0.2) is 4.79 Å². The van der Waals surface area contributed by atoms with E-state index >= 15 is 0 Å². The Hall–Kier alpha value is -2.02. The maximum absolute atomic E-state index is 12.0. The second-order valence-electron chi connectivity index (χ2n) is 5.43. The Bertz CT molecular complexity index is 711. The molecule has 142 valence electrons. The minimum absolute atomic E-state index is 0.322. The Labute approximate surface area is 158 Å². The number of carbonyl (C=O) groups is 1. The molecule has 0 aliphatic carbocycles. The van der Waals surface area contributed by atoms with Gasteiger partial charge in [-0.05, 0) is 44.5 Å². The molecule has 0 saturated heterocycles. The van der Waals surface area contributed by atoms with E-state index < -0.39 is 12.3 Å². The van der Waals surface area contributed by atoms with Crippen molar-refractivity contribution in [1.82, 2.24) is 4.98 Å². The highest BCUT2D eigenvalue weighted by Crippen LogP contribution is 2.27. The van der Waals surface area contributed by atoms with Crippen LogP contribution in [0.1, 0.15) is 48.7 Å². The van der Waals surface area contributed by atoms with E-state index in [0.717, 1.165) is 11.1 Å². The van der Waals surface area contributed by atoms with Gasteiger partial charge < -0.3 is 24.5 Å². The Kier molecular flexibility index (Phi) is 7.97. The molecule has 0 aliphatic heterocycles. The molecule has 0 bridgehead atoms.